The topological polar surface area (TPSA) is 139 Å². The molecule has 4 unspecified atom stereocenters. The van der Waals surface area contributed by atoms with Crippen molar-refractivity contribution < 1.29 is 38.5 Å². The first-order chi connectivity index (χ1) is 16.9. The fourth-order valence-electron chi connectivity index (χ4n) is 4.70. The predicted octanol–water partition coefficient (Wildman–Crippen LogP) is 1.16. The van der Waals surface area contributed by atoms with Crippen LogP contribution < -0.4 is 14.8 Å². The number of ether oxygens (including phenoxy) is 2. The third kappa shape index (κ3) is 4.54. The van der Waals surface area contributed by atoms with E-state index in [9.17, 15) is 24.6 Å². The molecule has 0 spiro atoms. The Morgan fingerprint density at radius 1 is 1.31 bits per heavy atom. The SMILES string of the molecule is CCC(=O)N(Cc1ccoc1)C1C=C(C(=O)NCCO)C2c3cc(C=O)cc(OC)c3OC2C1O. The fraction of sp³-hybridized carbons (Fsp3) is 0.400. The maximum atomic E-state index is 13.2. The summed E-state index contributed by atoms with van der Waals surface area (Å²) in [6, 6.07) is 3.98. The number of aldehydes is 1. The van der Waals surface area contributed by atoms with Crippen LogP contribution in [-0.4, -0.2) is 71.7 Å². The van der Waals surface area contributed by atoms with Gasteiger partial charge in [0.05, 0.1) is 38.2 Å². The van der Waals surface area contributed by atoms with E-state index in [1.54, 1.807) is 25.1 Å². The highest BCUT2D eigenvalue weighted by Crippen LogP contribution is 2.51. The third-order valence-corrected chi connectivity index (χ3v) is 6.33. The standard InChI is InChI=1S/C25H28N2O8/c1-3-20(30)27(11-14-4-7-34-13-14)18-10-17(25(32)26-5-6-28)21-16-8-15(12-29)9-19(33-2)23(16)35-24(21)22(18)31/h4,7-10,12-13,18,21-22,24,28,31H,3,5-6,11H2,1-2H3,(H,26,32). The van der Waals surface area contributed by atoms with Gasteiger partial charge in [-0.2, -0.15) is 0 Å². The van der Waals surface area contributed by atoms with Crippen molar-refractivity contribution in [3.05, 3.63) is 59.1 Å². The van der Waals surface area contributed by atoms with E-state index in [1.807, 2.05) is 0 Å². The van der Waals surface area contributed by atoms with Crippen molar-refractivity contribution in [2.24, 2.45) is 0 Å². The summed E-state index contributed by atoms with van der Waals surface area (Å²) < 4.78 is 16.7. The zero-order valence-electron chi connectivity index (χ0n) is 19.5. The van der Waals surface area contributed by atoms with Gasteiger partial charge >= 0.3 is 0 Å². The molecule has 3 N–H and O–H groups in total. The molecule has 4 rings (SSSR count). The normalized spacial score (nSPS) is 22.3. The van der Waals surface area contributed by atoms with Gasteiger partial charge in [0.1, 0.15) is 18.5 Å². The van der Waals surface area contributed by atoms with Crippen LogP contribution in [0.15, 0.2) is 46.8 Å². The maximum absolute atomic E-state index is 13.2. The second-order valence-corrected chi connectivity index (χ2v) is 8.41. The summed E-state index contributed by atoms with van der Waals surface area (Å²) in [6.07, 6.45) is 3.34. The highest BCUT2D eigenvalue weighted by atomic mass is 16.5. The number of carbonyl (C=O) groups excluding carboxylic acids is 3. The van der Waals surface area contributed by atoms with Crippen molar-refractivity contribution in [1.82, 2.24) is 10.2 Å². The number of nitrogens with one attached hydrogen (secondary N) is 1. The van der Waals surface area contributed by atoms with E-state index in [4.69, 9.17) is 13.9 Å². The maximum Gasteiger partial charge on any atom is 0.247 e. The number of hydrogen-bond acceptors (Lipinski definition) is 8. The van der Waals surface area contributed by atoms with Crippen molar-refractivity contribution >= 4 is 18.1 Å². The molecular weight excluding hydrogens is 456 g/mol. The number of rotatable bonds is 9. The Morgan fingerprint density at radius 3 is 2.74 bits per heavy atom. The molecule has 0 saturated heterocycles. The first kappa shape index (κ1) is 24.5. The lowest BCUT2D eigenvalue weighted by molar-refractivity contribution is -0.137. The Labute approximate surface area is 202 Å². The number of nitrogens with zero attached hydrogens (tertiary/aromatic N) is 1. The largest absolute Gasteiger partial charge is 0.493 e. The van der Waals surface area contributed by atoms with Crippen LogP contribution in [0.2, 0.25) is 0 Å². The molecule has 0 fully saturated rings. The molecule has 186 valence electrons. The number of hydrogen-bond donors (Lipinski definition) is 3. The summed E-state index contributed by atoms with van der Waals surface area (Å²) in [5, 5.41) is 23.3. The molecule has 2 aliphatic rings. The minimum absolute atomic E-state index is 0.0266. The molecule has 4 atom stereocenters. The van der Waals surface area contributed by atoms with Crippen LogP contribution in [0.5, 0.6) is 11.5 Å². The zero-order chi connectivity index (χ0) is 25.1. The Morgan fingerprint density at radius 2 is 2.11 bits per heavy atom. The molecule has 2 heterocycles. The average molecular weight is 485 g/mol. The Balaban J connectivity index is 1.82. The first-order valence-electron chi connectivity index (χ1n) is 11.4. The molecular formula is C25H28N2O8. The number of benzene rings is 1. The number of aliphatic hydroxyl groups excluding tert-OH is 2. The zero-order valence-corrected chi connectivity index (χ0v) is 19.5. The van der Waals surface area contributed by atoms with Gasteiger partial charge in [-0.15, -0.1) is 0 Å². The quantitative estimate of drug-likeness (QED) is 0.451. The van der Waals surface area contributed by atoms with E-state index < -0.39 is 30.1 Å². The summed E-state index contributed by atoms with van der Waals surface area (Å²) in [4.78, 5) is 39.2. The second-order valence-electron chi connectivity index (χ2n) is 8.41. The fourth-order valence-corrected chi connectivity index (χ4v) is 4.70. The van der Waals surface area contributed by atoms with Crippen LogP contribution in [0, 0.1) is 0 Å². The summed E-state index contributed by atoms with van der Waals surface area (Å²) in [7, 11) is 1.44. The lowest BCUT2D eigenvalue weighted by atomic mass is 9.77. The predicted molar refractivity (Wildman–Crippen MR) is 123 cm³/mol. The molecule has 1 aromatic carbocycles. The number of fused-ring (bicyclic) bond motifs is 3. The molecule has 2 aromatic rings. The lowest BCUT2D eigenvalue weighted by Crippen LogP contribution is -2.55. The van der Waals surface area contributed by atoms with E-state index >= 15 is 0 Å². The Hall–Kier alpha value is -3.63. The summed E-state index contributed by atoms with van der Waals surface area (Å²) in [5.74, 6) is -0.771. The molecule has 35 heavy (non-hydrogen) atoms. The minimum Gasteiger partial charge on any atom is -0.493 e. The highest BCUT2D eigenvalue weighted by Gasteiger charge is 2.51. The van der Waals surface area contributed by atoms with Crippen molar-refractivity contribution in [2.45, 2.75) is 44.1 Å². The van der Waals surface area contributed by atoms with E-state index in [2.05, 4.69) is 5.32 Å². The average Bonchev–Trinajstić information content (AvgIpc) is 3.53. The van der Waals surface area contributed by atoms with E-state index in [1.165, 1.54) is 30.6 Å². The second kappa shape index (κ2) is 10.3. The molecule has 10 heteroatoms. The van der Waals surface area contributed by atoms with Crippen molar-refractivity contribution in [3.8, 4) is 11.5 Å². The molecule has 1 aliphatic carbocycles. The molecule has 2 amide bonds. The van der Waals surface area contributed by atoms with Gasteiger partial charge in [-0.05, 0) is 24.3 Å². The molecule has 0 bridgehead atoms. The van der Waals surface area contributed by atoms with Crippen LogP contribution in [0.1, 0.15) is 40.7 Å². The van der Waals surface area contributed by atoms with Gasteiger partial charge in [-0.1, -0.05) is 6.92 Å². The number of methoxy groups -OCH3 is 1. The summed E-state index contributed by atoms with van der Waals surface area (Å²) in [6.45, 7) is 1.65. The van der Waals surface area contributed by atoms with Crippen LogP contribution in [0.4, 0.5) is 0 Å². The highest BCUT2D eigenvalue weighted by molar-refractivity contribution is 5.96. The van der Waals surface area contributed by atoms with Crippen LogP contribution >= 0.6 is 0 Å². The van der Waals surface area contributed by atoms with Crippen LogP contribution in [0.3, 0.4) is 0 Å². The molecule has 1 aliphatic heterocycles. The number of aliphatic hydroxyl groups is 2. The van der Waals surface area contributed by atoms with Gasteiger partial charge < -0.3 is 34.3 Å². The lowest BCUT2D eigenvalue weighted by Gasteiger charge is -2.40. The third-order valence-electron chi connectivity index (χ3n) is 6.33. The van der Waals surface area contributed by atoms with Crippen LogP contribution in [-0.2, 0) is 16.1 Å². The van der Waals surface area contributed by atoms with Gasteiger partial charge in [0, 0.05) is 41.8 Å². The number of carbonyl (C=O) groups is 3. The summed E-state index contributed by atoms with van der Waals surface area (Å²) in [5.41, 5.74) is 1.86. The van der Waals surface area contributed by atoms with Crippen molar-refractivity contribution in [1.29, 1.82) is 0 Å². The van der Waals surface area contributed by atoms with Crippen molar-refractivity contribution in [2.75, 3.05) is 20.3 Å². The monoisotopic (exact) mass is 484 g/mol. The first-order valence-corrected chi connectivity index (χ1v) is 11.4. The van der Waals surface area contributed by atoms with Gasteiger partial charge in [0.25, 0.3) is 0 Å². The van der Waals surface area contributed by atoms with Gasteiger partial charge in [0.15, 0.2) is 11.5 Å². The Bertz CT molecular complexity index is 1130. The molecule has 10 nitrogen and oxygen atoms in total. The van der Waals surface area contributed by atoms with E-state index in [-0.39, 0.29) is 37.6 Å². The van der Waals surface area contributed by atoms with Gasteiger partial charge in [-0.3, -0.25) is 14.4 Å². The van der Waals surface area contributed by atoms with Gasteiger partial charge in [0.2, 0.25) is 11.8 Å². The number of furan rings is 1. The van der Waals surface area contributed by atoms with E-state index in [0.29, 0.717) is 28.9 Å². The Kier molecular flexibility index (Phi) is 7.23. The number of amides is 2. The molecule has 1 aromatic heterocycles. The van der Waals surface area contributed by atoms with Crippen molar-refractivity contribution in [3.63, 3.8) is 0 Å². The smallest absolute Gasteiger partial charge is 0.247 e. The summed E-state index contributed by atoms with van der Waals surface area (Å²) >= 11 is 0. The van der Waals surface area contributed by atoms with Crippen LogP contribution in [0.25, 0.3) is 0 Å². The van der Waals surface area contributed by atoms with E-state index in [0.717, 1.165) is 5.56 Å². The molecule has 0 saturated carbocycles. The molecule has 0 radical (unpaired) electrons. The minimum atomic E-state index is -1.19. The van der Waals surface area contributed by atoms with Gasteiger partial charge in [-0.25, -0.2) is 0 Å².